The van der Waals surface area contributed by atoms with Crippen LogP contribution in [0.5, 0.6) is 0 Å². The standard InChI is InChI=1S/C15H30N2O3/c1-2-3-4-11-19-13-15(18)17-9-6-14(7-10-17)20-12-5-8-16/h14H,2-13,16H2,1H3. The fraction of sp³-hybridized carbons (Fsp3) is 0.933. The van der Waals surface area contributed by atoms with E-state index in [9.17, 15) is 4.79 Å². The van der Waals surface area contributed by atoms with Crippen molar-refractivity contribution in [1.82, 2.24) is 4.90 Å². The largest absolute Gasteiger partial charge is 0.378 e. The quantitative estimate of drug-likeness (QED) is 0.619. The Kier molecular flexibility index (Phi) is 9.62. The van der Waals surface area contributed by atoms with E-state index in [1.165, 1.54) is 12.8 Å². The number of piperidine rings is 1. The second-order valence-electron chi connectivity index (χ2n) is 5.35. The third-order valence-corrected chi connectivity index (χ3v) is 3.61. The lowest BCUT2D eigenvalue weighted by Gasteiger charge is -2.32. The molecule has 1 fully saturated rings. The van der Waals surface area contributed by atoms with Crippen molar-refractivity contribution >= 4 is 5.91 Å². The Morgan fingerprint density at radius 1 is 1.20 bits per heavy atom. The predicted octanol–water partition coefficient (Wildman–Crippen LogP) is 1.55. The molecule has 0 saturated carbocycles. The highest BCUT2D eigenvalue weighted by Gasteiger charge is 2.22. The van der Waals surface area contributed by atoms with Crippen LogP contribution in [-0.2, 0) is 14.3 Å². The van der Waals surface area contributed by atoms with Gasteiger partial charge in [0.15, 0.2) is 0 Å². The number of carbonyl (C=O) groups is 1. The summed E-state index contributed by atoms with van der Waals surface area (Å²) >= 11 is 0. The van der Waals surface area contributed by atoms with Gasteiger partial charge in [0.05, 0.1) is 6.10 Å². The lowest BCUT2D eigenvalue weighted by molar-refractivity contribution is -0.138. The summed E-state index contributed by atoms with van der Waals surface area (Å²) < 4.78 is 11.1. The van der Waals surface area contributed by atoms with Gasteiger partial charge in [-0.05, 0) is 32.2 Å². The minimum Gasteiger partial charge on any atom is -0.378 e. The molecule has 0 aromatic rings. The Hall–Kier alpha value is -0.650. The summed E-state index contributed by atoms with van der Waals surface area (Å²) in [6.07, 6.45) is 6.43. The average Bonchev–Trinajstić information content (AvgIpc) is 2.48. The van der Waals surface area contributed by atoms with Crippen molar-refractivity contribution in [2.24, 2.45) is 5.73 Å². The molecule has 0 spiro atoms. The molecule has 1 amide bonds. The first kappa shape index (κ1) is 17.4. The summed E-state index contributed by atoms with van der Waals surface area (Å²) in [7, 11) is 0. The molecule has 0 aromatic heterocycles. The van der Waals surface area contributed by atoms with Gasteiger partial charge in [-0.15, -0.1) is 0 Å². The van der Waals surface area contributed by atoms with E-state index in [0.717, 1.165) is 45.4 Å². The number of hydrogen-bond acceptors (Lipinski definition) is 4. The van der Waals surface area contributed by atoms with Gasteiger partial charge in [0, 0.05) is 26.3 Å². The lowest BCUT2D eigenvalue weighted by Crippen LogP contribution is -2.42. The Bertz CT molecular complexity index is 254. The number of unbranched alkanes of at least 4 members (excludes halogenated alkanes) is 2. The number of likely N-dealkylation sites (tertiary alicyclic amines) is 1. The second-order valence-corrected chi connectivity index (χ2v) is 5.35. The van der Waals surface area contributed by atoms with E-state index in [4.69, 9.17) is 15.2 Å². The van der Waals surface area contributed by atoms with Crippen LogP contribution in [0, 0.1) is 0 Å². The molecule has 1 rings (SSSR count). The second kappa shape index (κ2) is 11.1. The molecule has 1 aliphatic rings. The number of nitrogens with two attached hydrogens (primary N) is 1. The van der Waals surface area contributed by atoms with E-state index < -0.39 is 0 Å². The molecule has 5 heteroatoms. The third-order valence-electron chi connectivity index (χ3n) is 3.61. The van der Waals surface area contributed by atoms with Crippen molar-refractivity contribution < 1.29 is 14.3 Å². The minimum absolute atomic E-state index is 0.113. The summed E-state index contributed by atoms with van der Waals surface area (Å²) in [5, 5.41) is 0. The SMILES string of the molecule is CCCCCOCC(=O)N1CCC(OCCCN)CC1. The number of carbonyl (C=O) groups excluding carboxylic acids is 1. The molecule has 2 N–H and O–H groups in total. The number of ether oxygens (including phenoxy) is 2. The van der Waals surface area contributed by atoms with E-state index in [1.54, 1.807) is 0 Å². The van der Waals surface area contributed by atoms with Crippen LogP contribution in [0.25, 0.3) is 0 Å². The molecular formula is C15H30N2O3. The summed E-state index contributed by atoms with van der Waals surface area (Å²) in [6, 6.07) is 0. The van der Waals surface area contributed by atoms with E-state index in [-0.39, 0.29) is 18.6 Å². The molecule has 0 aromatic carbocycles. The van der Waals surface area contributed by atoms with Gasteiger partial charge < -0.3 is 20.1 Å². The van der Waals surface area contributed by atoms with Crippen LogP contribution in [0.15, 0.2) is 0 Å². The monoisotopic (exact) mass is 286 g/mol. The zero-order valence-electron chi connectivity index (χ0n) is 12.8. The first-order valence-corrected chi connectivity index (χ1v) is 7.95. The normalized spacial score (nSPS) is 16.6. The highest BCUT2D eigenvalue weighted by molar-refractivity contribution is 5.77. The molecule has 20 heavy (non-hydrogen) atoms. The van der Waals surface area contributed by atoms with E-state index >= 15 is 0 Å². The number of rotatable bonds is 10. The topological polar surface area (TPSA) is 64.8 Å². The molecule has 118 valence electrons. The fourth-order valence-corrected chi connectivity index (χ4v) is 2.31. The summed E-state index contributed by atoms with van der Waals surface area (Å²) in [5.74, 6) is 0.113. The van der Waals surface area contributed by atoms with Gasteiger partial charge in [-0.25, -0.2) is 0 Å². The molecule has 0 atom stereocenters. The first-order chi connectivity index (χ1) is 9.77. The molecule has 1 heterocycles. The molecule has 0 bridgehead atoms. The van der Waals surface area contributed by atoms with Crippen LogP contribution in [0.1, 0.15) is 45.4 Å². The molecular weight excluding hydrogens is 256 g/mol. The summed E-state index contributed by atoms with van der Waals surface area (Å²) in [6.45, 7) is 6.04. The predicted molar refractivity (Wildman–Crippen MR) is 79.6 cm³/mol. The Balaban J connectivity index is 2.06. The van der Waals surface area contributed by atoms with Gasteiger partial charge in [0.25, 0.3) is 0 Å². The van der Waals surface area contributed by atoms with Gasteiger partial charge in [-0.1, -0.05) is 19.8 Å². The maximum Gasteiger partial charge on any atom is 0.248 e. The molecule has 0 aliphatic carbocycles. The van der Waals surface area contributed by atoms with Gasteiger partial charge in [0.2, 0.25) is 5.91 Å². The van der Waals surface area contributed by atoms with E-state index in [1.807, 2.05) is 4.90 Å². The Morgan fingerprint density at radius 2 is 1.95 bits per heavy atom. The smallest absolute Gasteiger partial charge is 0.248 e. The van der Waals surface area contributed by atoms with Crippen LogP contribution in [-0.4, -0.2) is 56.4 Å². The minimum atomic E-state index is 0.113. The first-order valence-electron chi connectivity index (χ1n) is 7.95. The fourth-order valence-electron chi connectivity index (χ4n) is 2.31. The van der Waals surface area contributed by atoms with Crippen LogP contribution in [0.3, 0.4) is 0 Å². The maximum atomic E-state index is 11.9. The van der Waals surface area contributed by atoms with Crippen LogP contribution in [0.4, 0.5) is 0 Å². The van der Waals surface area contributed by atoms with Crippen molar-refractivity contribution in [2.75, 3.05) is 39.5 Å². The van der Waals surface area contributed by atoms with Gasteiger partial charge in [0.1, 0.15) is 6.61 Å². The van der Waals surface area contributed by atoms with Crippen LogP contribution < -0.4 is 5.73 Å². The number of hydrogen-bond donors (Lipinski definition) is 1. The van der Waals surface area contributed by atoms with Gasteiger partial charge in [-0.3, -0.25) is 4.79 Å². The van der Waals surface area contributed by atoms with Crippen molar-refractivity contribution in [3.05, 3.63) is 0 Å². The van der Waals surface area contributed by atoms with Crippen molar-refractivity contribution in [1.29, 1.82) is 0 Å². The van der Waals surface area contributed by atoms with Crippen molar-refractivity contribution in [2.45, 2.75) is 51.6 Å². The van der Waals surface area contributed by atoms with Crippen LogP contribution in [0.2, 0.25) is 0 Å². The van der Waals surface area contributed by atoms with E-state index in [2.05, 4.69) is 6.92 Å². The summed E-state index contributed by atoms with van der Waals surface area (Å²) in [5.41, 5.74) is 5.44. The lowest BCUT2D eigenvalue weighted by atomic mass is 10.1. The summed E-state index contributed by atoms with van der Waals surface area (Å²) in [4.78, 5) is 13.8. The average molecular weight is 286 g/mol. The molecule has 0 unspecified atom stereocenters. The molecule has 1 saturated heterocycles. The van der Waals surface area contributed by atoms with Crippen molar-refractivity contribution in [3.8, 4) is 0 Å². The molecule has 5 nitrogen and oxygen atoms in total. The number of nitrogens with zero attached hydrogens (tertiary/aromatic N) is 1. The Labute approximate surface area is 122 Å². The third kappa shape index (κ3) is 7.22. The Morgan fingerprint density at radius 3 is 2.60 bits per heavy atom. The van der Waals surface area contributed by atoms with Gasteiger partial charge in [-0.2, -0.15) is 0 Å². The van der Waals surface area contributed by atoms with Crippen molar-refractivity contribution in [3.63, 3.8) is 0 Å². The highest BCUT2D eigenvalue weighted by Crippen LogP contribution is 2.14. The maximum absolute atomic E-state index is 11.9. The molecule has 1 aliphatic heterocycles. The van der Waals surface area contributed by atoms with E-state index in [0.29, 0.717) is 13.2 Å². The zero-order valence-corrected chi connectivity index (χ0v) is 12.8. The highest BCUT2D eigenvalue weighted by atomic mass is 16.5. The van der Waals surface area contributed by atoms with Gasteiger partial charge >= 0.3 is 0 Å². The number of amides is 1. The molecule has 0 radical (unpaired) electrons. The zero-order chi connectivity index (χ0) is 14.6. The van der Waals surface area contributed by atoms with Crippen LogP contribution >= 0.6 is 0 Å².